The maximum absolute atomic E-state index is 12.5. The maximum Gasteiger partial charge on any atom is 0.335 e. The minimum atomic E-state index is -1.71. The summed E-state index contributed by atoms with van der Waals surface area (Å²) in [5.41, 5.74) is -0.827. The van der Waals surface area contributed by atoms with Crippen LogP contribution < -0.4 is 0 Å². The Hall–Kier alpha value is -1.30. The number of likely N-dealkylation sites (tertiary alicyclic amines) is 1. The molecule has 0 bridgehead atoms. The van der Waals surface area contributed by atoms with Crippen molar-refractivity contribution in [3.8, 4) is 0 Å². The van der Waals surface area contributed by atoms with Crippen LogP contribution in [0.15, 0.2) is 18.2 Å². The van der Waals surface area contributed by atoms with Crippen molar-refractivity contribution in [2.45, 2.75) is 30.8 Å². The van der Waals surface area contributed by atoms with Gasteiger partial charge in [0.25, 0.3) is 0 Å². The van der Waals surface area contributed by atoms with Gasteiger partial charge in [-0.2, -0.15) is 0 Å². The number of carbonyl (C=O) groups is 2. The molecule has 2 atom stereocenters. The fraction of sp³-hybridized carbons (Fsp3) is 0.500. The van der Waals surface area contributed by atoms with Crippen LogP contribution in [-0.2, 0) is 9.59 Å². The summed E-state index contributed by atoms with van der Waals surface area (Å²) in [4.78, 5) is 25.2. The Balaban J connectivity index is 1.63. The normalized spacial score (nSPS) is 26.0. The van der Waals surface area contributed by atoms with Crippen molar-refractivity contribution < 1.29 is 19.8 Å². The summed E-state index contributed by atoms with van der Waals surface area (Å²) in [7, 11) is 0. The molecule has 2 unspecified atom stereocenters. The van der Waals surface area contributed by atoms with Crippen LogP contribution in [0.1, 0.15) is 30.7 Å². The quantitative estimate of drug-likeness (QED) is 0.871. The van der Waals surface area contributed by atoms with E-state index in [0.29, 0.717) is 10.0 Å². The molecule has 0 aromatic heterocycles. The van der Waals surface area contributed by atoms with Crippen molar-refractivity contribution in [3.05, 3.63) is 33.8 Å². The van der Waals surface area contributed by atoms with Gasteiger partial charge in [0.05, 0.1) is 10.0 Å². The van der Waals surface area contributed by atoms with Gasteiger partial charge in [0.1, 0.15) is 0 Å². The smallest absolute Gasteiger partial charge is 0.335 e. The Labute approximate surface area is 143 Å². The van der Waals surface area contributed by atoms with Crippen molar-refractivity contribution in [3.63, 3.8) is 0 Å². The molecule has 2 fully saturated rings. The number of carboxylic acid groups (broad SMARTS) is 1. The molecule has 1 saturated carbocycles. The highest BCUT2D eigenvalue weighted by atomic mass is 35.5. The number of benzene rings is 1. The lowest BCUT2D eigenvalue weighted by Gasteiger charge is -2.35. The molecule has 124 valence electrons. The summed E-state index contributed by atoms with van der Waals surface area (Å²) in [6.07, 6.45) is 0.839. The van der Waals surface area contributed by atoms with Crippen LogP contribution in [-0.4, -0.2) is 45.7 Å². The molecule has 1 amide bonds. The first kappa shape index (κ1) is 16.6. The van der Waals surface area contributed by atoms with Crippen molar-refractivity contribution in [2.24, 2.45) is 5.92 Å². The fourth-order valence-electron chi connectivity index (χ4n) is 3.16. The van der Waals surface area contributed by atoms with Gasteiger partial charge in [-0.3, -0.25) is 4.79 Å². The maximum atomic E-state index is 12.5. The number of aliphatic carboxylic acids is 1. The van der Waals surface area contributed by atoms with E-state index in [0.717, 1.165) is 12.0 Å². The third kappa shape index (κ3) is 3.05. The topological polar surface area (TPSA) is 77.8 Å². The minimum absolute atomic E-state index is 0.00141. The Morgan fingerprint density at radius 1 is 1.22 bits per heavy atom. The Kier molecular flexibility index (Phi) is 4.29. The lowest BCUT2D eigenvalue weighted by Crippen LogP contribution is -2.51. The van der Waals surface area contributed by atoms with E-state index in [2.05, 4.69) is 0 Å². The zero-order chi connectivity index (χ0) is 16.8. The predicted octanol–water partition coefficient (Wildman–Crippen LogP) is 2.54. The standard InChI is InChI=1S/C16H17Cl2NO4/c17-12-3-1-2-9(13(12)18)10-8-11(10)14(20)19-6-4-16(23,5-7-19)15(21)22/h1-3,10-11,23H,4-8H2,(H,21,22). The molecule has 23 heavy (non-hydrogen) atoms. The van der Waals surface area contributed by atoms with Crippen LogP contribution in [0.3, 0.4) is 0 Å². The van der Waals surface area contributed by atoms with Crippen LogP contribution in [0, 0.1) is 5.92 Å². The number of carboxylic acids is 1. The number of hydrogen-bond acceptors (Lipinski definition) is 3. The minimum Gasteiger partial charge on any atom is -0.479 e. The van der Waals surface area contributed by atoms with E-state index in [1.54, 1.807) is 11.0 Å². The first-order valence-electron chi connectivity index (χ1n) is 7.52. The number of nitrogens with zero attached hydrogens (tertiary/aromatic N) is 1. The number of piperidine rings is 1. The van der Waals surface area contributed by atoms with Crippen LogP contribution >= 0.6 is 23.2 Å². The highest BCUT2D eigenvalue weighted by molar-refractivity contribution is 6.42. The highest BCUT2D eigenvalue weighted by Crippen LogP contribution is 2.51. The third-order valence-corrected chi connectivity index (χ3v) is 5.62. The average Bonchev–Trinajstić information content (AvgIpc) is 3.30. The number of halogens is 2. The monoisotopic (exact) mass is 357 g/mol. The lowest BCUT2D eigenvalue weighted by molar-refractivity contribution is -0.165. The number of aliphatic hydroxyl groups is 1. The van der Waals surface area contributed by atoms with Crippen molar-refractivity contribution in [1.29, 1.82) is 0 Å². The number of rotatable bonds is 3. The Bertz CT molecular complexity index is 655. The highest BCUT2D eigenvalue weighted by Gasteiger charge is 2.49. The van der Waals surface area contributed by atoms with Gasteiger partial charge in [0, 0.05) is 31.8 Å². The molecule has 1 aliphatic heterocycles. The van der Waals surface area contributed by atoms with Crippen LogP contribution in [0.5, 0.6) is 0 Å². The molecular weight excluding hydrogens is 341 g/mol. The van der Waals surface area contributed by atoms with Crippen LogP contribution in [0.25, 0.3) is 0 Å². The lowest BCUT2D eigenvalue weighted by atomic mass is 9.91. The Morgan fingerprint density at radius 2 is 1.87 bits per heavy atom. The summed E-state index contributed by atoms with van der Waals surface area (Å²) in [5.74, 6) is -1.30. The van der Waals surface area contributed by atoms with Gasteiger partial charge in [-0.1, -0.05) is 35.3 Å². The molecule has 2 N–H and O–H groups in total. The predicted molar refractivity (Wildman–Crippen MR) is 85.7 cm³/mol. The second-order valence-electron chi connectivity index (χ2n) is 6.25. The van der Waals surface area contributed by atoms with Crippen molar-refractivity contribution in [1.82, 2.24) is 4.90 Å². The molecule has 3 rings (SSSR count). The summed E-state index contributed by atoms with van der Waals surface area (Å²) in [6, 6.07) is 5.41. The van der Waals surface area contributed by atoms with E-state index in [-0.39, 0.29) is 43.7 Å². The van der Waals surface area contributed by atoms with E-state index in [4.69, 9.17) is 28.3 Å². The van der Waals surface area contributed by atoms with Crippen LogP contribution in [0.2, 0.25) is 10.0 Å². The average molecular weight is 358 g/mol. The fourth-order valence-corrected chi connectivity index (χ4v) is 3.61. The summed E-state index contributed by atoms with van der Waals surface area (Å²) < 4.78 is 0. The van der Waals surface area contributed by atoms with Gasteiger partial charge in [-0.15, -0.1) is 0 Å². The first-order valence-corrected chi connectivity index (χ1v) is 8.27. The van der Waals surface area contributed by atoms with Gasteiger partial charge >= 0.3 is 5.97 Å². The molecule has 1 saturated heterocycles. The van der Waals surface area contributed by atoms with E-state index in [9.17, 15) is 14.7 Å². The summed E-state index contributed by atoms with van der Waals surface area (Å²) >= 11 is 12.2. The van der Waals surface area contributed by atoms with Gasteiger partial charge in [-0.05, 0) is 24.0 Å². The molecule has 1 aromatic rings. The number of carbonyl (C=O) groups excluding carboxylic acids is 1. The van der Waals surface area contributed by atoms with E-state index in [1.807, 2.05) is 12.1 Å². The molecule has 0 spiro atoms. The Morgan fingerprint density at radius 3 is 2.48 bits per heavy atom. The van der Waals surface area contributed by atoms with Crippen molar-refractivity contribution >= 4 is 35.1 Å². The molecule has 7 heteroatoms. The van der Waals surface area contributed by atoms with Crippen molar-refractivity contribution in [2.75, 3.05) is 13.1 Å². The zero-order valence-electron chi connectivity index (χ0n) is 12.3. The molecule has 0 radical (unpaired) electrons. The van der Waals surface area contributed by atoms with E-state index >= 15 is 0 Å². The number of amides is 1. The van der Waals surface area contributed by atoms with Crippen LogP contribution in [0.4, 0.5) is 0 Å². The van der Waals surface area contributed by atoms with E-state index in [1.165, 1.54) is 0 Å². The molecule has 2 aliphatic rings. The second-order valence-corrected chi connectivity index (χ2v) is 7.04. The largest absolute Gasteiger partial charge is 0.479 e. The SMILES string of the molecule is O=C(C1CC1c1cccc(Cl)c1Cl)N1CCC(O)(C(=O)O)CC1. The third-order valence-electron chi connectivity index (χ3n) is 4.79. The second kappa shape index (κ2) is 5.96. The molecule has 1 heterocycles. The van der Waals surface area contributed by atoms with Gasteiger partial charge in [0.2, 0.25) is 5.91 Å². The molecule has 1 aromatic carbocycles. The van der Waals surface area contributed by atoms with Gasteiger partial charge in [-0.25, -0.2) is 4.79 Å². The van der Waals surface area contributed by atoms with Gasteiger partial charge in [0.15, 0.2) is 5.60 Å². The molecule has 5 nitrogen and oxygen atoms in total. The molecular formula is C16H17Cl2NO4. The first-order chi connectivity index (χ1) is 10.8. The zero-order valence-corrected chi connectivity index (χ0v) is 13.8. The van der Waals surface area contributed by atoms with E-state index < -0.39 is 11.6 Å². The number of hydrogen-bond donors (Lipinski definition) is 2. The summed E-state index contributed by atoms with van der Waals surface area (Å²) in [6.45, 7) is 0.516. The summed E-state index contributed by atoms with van der Waals surface area (Å²) in [5, 5.41) is 19.9. The molecule has 1 aliphatic carbocycles. The van der Waals surface area contributed by atoms with Gasteiger partial charge < -0.3 is 15.1 Å².